The Labute approximate surface area is 135 Å². The number of hydrazine groups is 1. The second-order valence-electron chi connectivity index (χ2n) is 6.34. The zero-order chi connectivity index (χ0) is 16.8. The van der Waals surface area contributed by atoms with Gasteiger partial charge in [-0.1, -0.05) is 32.0 Å². The van der Waals surface area contributed by atoms with Crippen LogP contribution in [0.25, 0.3) is 0 Å². The average Bonchev–Trinajstić information content (AvgIpc) is 2.53. The van der Waals surface area contributed by atoms with E-state index in [1.165, 1.54) is 17.1 Å². The standard InChI is InChI=1S/C17H18N2O3S/c1-17(2)11-19(18)15-10-13(8-9-14(15)16(17)20)23(21,22)12-6-4-3-5-7-12/h3-10H,11,18H2,1-2H3. The van der Waals surface area contributed by atoms with E-state index >= 15 is 0 Å². The van der Waals surface area contributed by atoms with Gasteiger partial charge in [0.05, 0.1) is 15.5 Å². The first kappa shape index (κ1) is 15.7. The zero-order valence-corrected chi connectivity index (χ0v) is 13.8. The third-order valence-corrected chi connectivity index (χ3v) is 5.83. The molecule has 6 heteroatoms. The second kappa shape index (κ2) is 5.18. The summed E-state index contributed by atoms with van der Waals surface area (Å²) in [6.45, 7) is 3.99. The predicted octanol–water partition coefficient (Wildman–Crippen LogP) is 2.42. The van der Waals surface area contributed by atoms with E-state index < -0.39 is 15.3 Å². The number of hydrogen-bond acceptors (Lipinski definition) is 5. The lowest BCUT2D eigenvalue weighted by Crippen LogP contribution is -2.48. The van der Waals surface area contributed by atoms with E-state index in [0.717, 1.165) is 0 Å². The molecule has 1 aliphatic rings. The van der Waals surface area contributed by atoms with E-state index in [9.17, 15) is 13.2 Å². The van der Waals surface area contributed by atoms with Gasteiger partial charge in [-0.15, -0.1) is 0 Å². The van der Waals surface area contributed by atoms with Gasteiger partial charge in [0.15, 0.2) is 5.78 Å². The summed E-state index contributed by atoms with van der Waals surface area (Å²) in [5, 5.41) is 1.45. The maximum atomic E-state index is 12.7. The topological polar surface area (TPSA) is 80.5 Å². The van der Waals surface area contributed by atoms with Crippen molar-refractivity contribution in [3.63, 3.8) is 0 Å². The molecule has 1 aliphatic heterocycles. The van der Waals surface area contributed by atoms with E-state index in [1.807, 2.05) is 13.8 Å². The summed E-state index contributed by atoms with van der Waals surface area (Å²) < 4.78 is 25.4. The lowest BCUT2D eigenvalue weighted by atomic mass is 9.80. The van der Waals surface area contributed by atoms with Crippen LogP contribution < -0.4 is 10.9 Å². The van der Waals surface area contributed by atoms with Gasteiger partial charge >= 0.3 is 0 Å². The number of Topliss-reactive ketones (excluding diaryl/α,β-unsaturated/α-hetero) is 1. The molecular formula is C17H18N2O3S. The molecule has 2 N–H and O–H groups in total. The van der Waals surface area contributed by atoms with Crippen LogP contribution >= 0.6 is 0 Å². The number of fused-ring (bicyclic) bond motifs is 1. The van der Waals surface area contributed by atoms with E-state index in [-0.39, 0.29) is 15.6 Å². The molecule has 2 aromatic carbocycles. The van der Waals surface area contributed by atoms with Crippen molar-refractivity contribution in [2.45, 2.75) is 23.6 Å². The molecule has 0 bridgehead atoms. The third-order valence-electron chi connectivity index (χ3n) is 4.07. The predicted molar refractivity (Wildman–Crippen MR) is 88.0 cm³/mol. The van der Waals surface area contributed by atoms with Gasteiger partial charge in [0.25, 0.3) is 0 Å². The summed E-state index contributed by atoms with van der Waals surface area (Å²) in [6.07, 6.45) is 0. The number of carbonyl (C=O) groups excluding carboxylic acids is 1. The maximum Gasteiger partial charge on any atom is 0.206 e. The molecule has 0 fully saturated rings. The number of nitrogens with two attached hydrogens (primary N) is 1. The molecule has 0 radical (unpaired) electrons. The molecule has 0 aliphatic carbocycles. The highest BCUT2D eigenvalue weighted by atomic mass is 32.2. The van der Waals surface area contributed by atoms with Crippen LogP contribution in [0.2, 0.25) is 0 Å². The molecule has 0 saturated heterocycles. The number of rotatable bonds is 2. The smallest absolute Gasteiger partial charge is 0.206 e. The normalized spacial score (nSPS) is 17.0. The number of sulfone groups is 1. The minimum absolute atomic E-state index is 0.0298. The molecule has 2 aromatic rings. The van der Waals surface area contributed by atoms with E-state index in [1.54, 1.807) is 36.4 Å². The van der Waals surface area contributed by atoms with Crippen molar-refractivity contribution in [1.29, 1.82) is 0 Å². The number of benzene rings is 2. The molecule has 0 amide bonds. The Bertz CT molecular complexity index is 874. The van der Waals surface area contributed by atoms with Crippen LogP contribution in [0.5, 0.6) is 0 Å². The molecule has 5 nitrogen and oxygen atoms in total. The maximum absolute atomic E-state index is 12.7. The lowest BCUT2D eigenvalue weighted by Gasteiger charge is -2.36. The zero-order valence-electron chi connectivity index (χ0n) is 13.0. The molecule has 0 atom stereocenters. The van der Waals surface area contributed by atoms with Crippen molar-refractivity contribution in [2.75, 3.05) is 11.6 Å². The third kappa shape index (κ3) is 2.54. The fourth-order valence-corrected chi connectivity index (χ4v) is 4.09. The summed E-state index contributed by atoms with van der Waals surface area (Å²) in [5.41, 5.74) is 0.309. The van der Waals surface area contributed by atoms with Crippen LogP contribution in [0.1, 0.15) is 24.2 Å². The fourth-order valence-electron chi connectivity index (χ4n) is 2.79. The van der Waals surface area contributed by atoms with Crippen molar-refractivity contribution in [3.05, 3.63) is 54.1 Å². The summed E-state index contributed by atoms with van der Waals surface area (Å²) >= 11 is 0. The number of nitrogens with zero attached hydrogens (tertiary/aromatic N) is 1. The summed E-state index contributed by atoms with van der Waals surface area (Å²) in [7, 11) is -3.64. The monoisotopic (exact) mass is 330 g/mol. The molecule has 0 aromatic heterocycles. The second-order valence-corrected chi connectivity index (χ2v) is 8.29. The minimum Gasteiger partial charge on any atom is -0.309 e. The average molecular weight is 330 g/mol. The van der Waals surface area contributed by atoms with Gasteiger partial charge in [0.2, 0.25) is 9.84 Å². The summed E-state index contributed by atoms with van der Waals surface area (Å²) in [6, 6.07) is 12.7. The first-order valence-corrected chi connectivity index (χ1v) is 8.73. The highest BCUT2D eigenvalue weighted by Gasteiger charge is 2.37. The quantitative estimate of drug-likeness (QED) is 0.855. The van der Waals surface area contributed by atoms with Gasteiger partial charge in [-0.2, -0.15) is 0 Å². The van der Waals surface area contributed by atoms with Crippen LogP contribution in [0.15, 0.2) is 58.3 Å². The first-order valence-electron chi connectivity index (χ1n) is 7.25. The highest BCUT2D eigenvalue weighted by molar-refractivity contribution is 7.91. The van der Waals surface area contributed by atoms with Crippen molar-refractivity contribution >= 4 is 21.3 Å². The van der Waals surface area contributed by atoms with Gasteiger partial charge in [-0.3, -0.25) is 4.79 Å². The van der Waals surface area contributed by atoms with Crippen LogP contribution in [0.3, 0.4) is 0 Å². The molecule has 0 spiro atoms. The first-order chi connectivity index (χ1) is 10.7. The van der Waals surface area contributed by atoms with Gasteiger partial charge in [0.1, 0.15) is 0 Å². The fraction of sp³-hybridized carbons (Fsp3) is 0.235. The molecule has 23 heavy (non-hydrogen) atoms. The summed E-state index contributed by atoms with van der Waals surface area (Å²) in [5.74, 6) is 5.99. The van der Waals surface area contributed by atoms with Crippen molar-refractivity contribution in [1.82, 2.24) is 0 Å². The highest BCUT2D eigenvalue weighted by Crippen LogP contribution is 2.36. The summed E-state index contributed by atoms with van der Waals surface area (Å²) in [4.78, 5) is 12.8. The lowest BCUT2D eigenvalue weighted by molar-refractivity contribution is 0.0834. The van der Waals surface area contributed by atoms with E-state index in [0.29, 0.717) is 17.8 Å². The van der Waals surface area contributed by atoms with E-state index in [4.69, 9.17) is 5.84 Å². The van der Waals surface area contributed by atoms with Crippen molar-refractivity contribution in [3.8, 4) is 0 Å². The molecule has 1 heterocycles. The minimum atomic E-state index is -3.64. The number of anilines is 1. The molecule has 120 valence electrons. The van der Waals surface area contributed by atoms with Crippen LogP contribution in [-0.4, -0.2) is 20.7 Å². The largest absolute Gasteiger partial charge is 0.309 e. The van der Waals surface area contributed by atoms with Gasteiger partial charge < -0.3 is 5.01 Å². The Morgan fingerprint density at radius 1 is 1.04 bits per heavy atom. The Morgan fingerprint density at radius 2 is 1.70 bits per heavy atom. The van der Waals surface area contributed by atoms with Gasteiger partial charge in [-0.25, -0.2) is 14.3 Å². The van der Waals surface area contributed by atoms with Crippen LogP contribution in [0.4, 0.5) is 5.69 Å². The SMILES string of the molecule is CC1(C)CN(N)c2cc(S(=O)(=O)c3ccccc3)ccc2C1=O. The molecular weight excluding hydrogens is 312 g/mol. The molecule has 0 unspecified atom stereocenters. The number of carbonyl (C=O) groups is 1. The number of hydrogen-bond donors (Lipinski definition) is 1. The molecule has 3 rings (SSSR count). The van der Waals surface area contributed by atoms with Gasteiger partial charge in [-0.05, 0) is 30.3 Å². The Hall–Kier alpha value is -2.18. The number of ketones is 1. The Balaban J connectivity index is 2.13. The van der Waals surface area contributed by atoms with Crippen LogP contribution in [-0.2, 0) is 9.84 Å². The van der Waals surface area contributed by atoms with Gasteiger partial charge in [0, 0.05) is 17.5 Å². The Kier molecular flexibility index (Phi) is 3.54. The van der Waals surface area contributed by atoms with E-state index in [2.05, 4.69) is 0 Å². The Morgan fingerprint density at radius 3 is 2.35 bits per heavy atom. The van der Waals surface area contributed by atoms with Crippen LogP contribution in [0, 0.1) is 5.41 Å². The van der Waals surface area contributed by atoms with Crippen molar-refractivity contribution < 1.29 is 13.2 Å². The molecule has 0 saturated carbocycles. The van der Waals surface area contributed by atoms with Crippen molar-refractivity contribution in [2.24, 2.45) is 11.3 Å².